The predicted octanol–water partition coefficient (Wildman–Crippen LogP) is 1.12. The molecule has 8 unspecified atom stereocenters. The lowest BCUT2D eigenvalue weighted by Crippen LogP contribution is -2.60. The molecule has 18 heteroatoms. The summed E-state index contributed by atoms with van der Waals surface area (Å²) in [7, 11) is 0. The van der Waals surface area contributed by atoms with E-state index in [-0.39, 0.29) is 24.9 Å². The zero-order valence-electron chi connectivity index (χ0n) is 31.3. The smallest absolute Gasteiger partial charge is 0.314 e. The Labute approximate surface area is 319 Å². The van der Waals surface area contributed by atoms with Gasteiger partial charge in [-0.25, -0.2) is 0 Å². The van der Waals surface area contributed by atoms with Crippen LogP contribution in [0.1, 0.15) is 84.5 Å². The molecule has 0 saturated heterocycles. The summed E-state index contributed by atoms with van der Waals surface area (Å²) in [5.74, 6) is -7.98. The first-order chi connectivity index (χ1) is 25.7. The second-order valence-corrected chi connectivity index (χ2v) is 15.5. The second-order valence-electron chi connectivity index (χ2n) is 15.5. The Balaban J connectivity index is 1.89. The van der Waals surface area contributed by atoms with Crippen molar-refractivity contribution in [3.63, 3.8) is 0 Å². The average Bonchev–Trinajstić information content (AvgIpc) is 3.14. The highest BCUT2D eigenvalue weighted by atomic mass is 16.7. The van der Waals surface area contributed by atoms with E-state index >= 15 is 0 Å². The number of esters is 1. The van der Waals surface area contributed by atoms with Crippen LogP contribution in [0, 0.1) is 28.1 Å². The van der Waals surface area contributed by atoms with Gasteiger partial charge in [0, 0.05) is 44.5 Å². The summed E-state index contributed by atoms with van der Waals surface area (Å²) in [6, 6.07) is 0. The SMILES string of the molecule is C=C1CC[C@@H]2C(COC(O)/C(O)=C(/OC(O)/C(O)=C(/O)C(O)CCO)C(O)CCO)(CCC3[C@](C)(C(=O)OC(O)/C(O)=C(/O)C(O)CCO)CCC[C@]32C)C1. The van der Waals surface area contributed by atoms with E-state index in [2.05, 4.69) is 13.5 Å². The number of rotatable bonds is 19. The predicted molar refractivity (Wildman–Crippen MR) is 190 cm³/mol. The first kappa shape index (κ1) is 46.2. The van der Waals surface area contributed by atoms with E-state index < -0.39 is 127 Å². The molecule has 18 nitrogen and oxygen atoms in total. The fourth-order valence-corrected chi connectivity index (χ4v) is 9.12. The van der Waals surface area contributed by atoms with Crippen molar-refractivity contribution < 1.29 is 90.5 Å². The fraction of sp³-hybridized carbons (Fsp3) is 0.757. The number of carbonyl (C=O) groups is 1. The standard InChI is InChI=1S/C37H60O18/c1-19-5-6-24-35(2)11-4-12-36(3,34(52)55-33(51)28(47)26(45)21(42)9-15-39)23(35)7-13-37(24,17-19)18-53-31(49)29(48)30(22(43)10-16-40)54-32(50)27(46)25(44)20(41)8-14-38/h20-24,31-33,38-51H,1,4-18H2,2-3H3/b27-25-,28-26-,30-29-/t20?,21?,22?,23?,24-,31?,32?,33?,35+,36+,37?/m0/s1. The van der Waals surface area contributed by atoms with Crippen LogP contribution < -0.4 is 0 Å². The zero-order chi connectivity index (χ0) is 41.5. The Kier molecular flexibility index (Phi) is 16.2. The Morgan fingerprint density at radius 2 is 1.22 bits per heavy atom. The van der Waals surface area contributed by atoms with Crippen molar-refractivity contribution >= 4 is 5.97 Å². The van der Waals surface area contributed by atoms with Crippen LogP contribution in [0.15, 0.2) is 46.7 Å². The third-order valence-electron chi connectivity index (χ3n) is 11.9. The van der Waals surface area contributed by atoms with E-state index in [4.69, 9.17) is 24.4 Å². The lowest BCUT2D eigenvalue weighted by atomic mass is 9.40. The van der Waals surface area contributed by atoms with Gasteiger partial charge in [-0.2, -0.15) is 0 Å². The van der Waals surface area contributed by atoms with Gasteiger partial charge in [0.15, 0.2) is 23.0 Å². The molecule has 0 spiro atoms. The third-order valence-corrected chi connectivity index (χ3v) is 11.9. The van der Waals surface area contributed by atoms with Gasteiger partial charge in [0.25, 0.3) is 12.6 Å². The van der Waals surface area contributed by atoms with Crippen LogP contribution in [0.25, 0.3) is 0 Å². The molecule has 0 amide bonds. The maximum atomic E-state index is 13.8. The Hall–Kier alpha value is -3.17. The largest absolute Gasteiger partial charge is 0.506 e. The van der Waals surface area contributed by atoms with E-state index in [1.54, 1.807) is 6.92 Å². The number of hydrogen-bond donors (Lipinski definition) is 14. The number of carbonyl (C=O) groups excluding carboxylic acids is 1. The van der Waals surface area contributed by atoms with Crippen LogP contribution in [-0.2, 0) is 19.0 Å². The molecule has 0 aromatic heterocycles. The van der Waals surface area contributed by atoms with Crippen molar-refractivity contribution in [2.24, 2.45) is 28.1 Å². The van der Waals surface area contributed by atoms with Crippen molar-refractivity contribution in [2.75, 3.05) is 26.4 Å². The lowest BCUT2D eigenvalue weighted by Gasteiger charge is -2.64. The number of ether oxygens (including phenoxy) is 3. The van der Waals surface area contributed by atoms with Gasteiger partial charge in [0.05, 0.1) is 12.0 Å². The third kappa shape index (κ3) is 10.0. The minimum Gasteiger partial charge on any atom is -0.506 e. The van der Waals surface area contributed by atoms with Crippen LogP contribution >= 0.6 is 0 Å². The zero-order valence-corrected chi connectivity index (χ0v) is 31.3. The second kappa shape index (κ2) is 19.3. The molecule has 316 valence electrons. The number of hydrogen-bond acceptors (Lipinski definition) is 18. The first-order valence-corrected chi connectivity index (χ1v) is 18.5. The van der Waals surface area contributed by atoms with Crippen molar-refractivity contribution in [2.45, 2.75) is 122 Å². The van der Waals surface area contributed by atoms with Gasteiger partial charge in [0.2, 0.25) is 17.8 Å². The Bertz CT molecular complexity index is 1430. The van der Waals surface area contributed by atoms with E-state index in [0.29, 0.717) is 51.4 Å². The van der Waals surface area contributed by atoms with Crippen LogP contribution in [0.5, 0.6) is 0 Å². The van der Waals surface area contributed by atoms with E-state index in [1.807, 2.05) is 0 Å². The molecule has 0 radical (unpaired) electrons. The molecule has 3 aliphatic rings. The number of aliphatic hydroxyl groups excluding tert-OH is 14. The molecule has 3 fully saturated rings. The monoisotopic (exact) mass is 792 g/mol. The Morgan fingerprint density at radius 3 is 1.76 bits per heavy atom. The molecule has 0 aromatic carbocycles. The van der Waals surface area contributed by atoms with Crippen molar-refractivity contribution in [3.05, 3.63) is 46.7 Å². The fourth-order valence-electron chi connectivity index (χ4n) is 9.12. The molecule has 0 heterocycles. The maximum Gasteiger partial charge on any atom is 0.314 e. The Morgan fingerprint density at radius 1 is 0.691 bits per heavy atom. The molecule has 3 saturated carbocycles. The van der Waals surface area contributed by atoms with Gasteiger partial charge in [-0.05, 0) is 69.1 Å². The molecule has 0 aromatic rings. The van der Waals surface area contributed by atoms with Gasteiger partial charge in [-0.15, -0.1) is 0 Å². The lowest BCUT2D eigenvalue weighted by molar-refractivity contribution is -0.213. The minimum absolute atomic E-state index is 0.140. The van der Waals surface area contributed by atoms with Gasteiger partial charge < -0.3 is 85.7 Å². The molecule has 11 atom stereocenters. The first-order valence-electron chi connectivity index (χ1n) is 18.5. The highest BCUT2D eigenvalue weighted by Crippen LogP contribution is 2.68. The van der Waals surface area contributed by atoms with E-state index in [9.17, 15) is 66.1 Å². The van der Waals surface area contributed by atoms with Crippen LogP contribution in [0.2, 0.25) is 0 Å². The van der Waals surface area contributed by atoms with Crippen molar-refractivity contribution in [1.82, 2.24) is 0 Å². The quantitative estimate of drug-likeness (QED) is 0.0377. The van der Waals surface area contributed by atoms with Crippen LogP contribution in [-0.4, -0.2) is 141 Å². The summed E-state index contributed by atoms with van der Waals surface area (Å²) >= 11 is 0. The summed E-state index contributed by atoms with van der Waals surface area (Å²) in [6.07, 6.45) is -9.19. The highest BCUT2D eigenvalue weighted by molar-refractivity contribution is 5.77. The van der Waals surface area contributed by atoms with Gasteiger partial charge >= 0.3 is 5.97 Å². The van der Waals surface area contributed by atoms with Gasteiger partial charge in [0.1, 0.15) is 18.3 Å². The molecule has 0 aliphatic heterocycles. The van der Waals surface area contributed by atoms with Gasteiger partial charge in [-0.1, -0.05) is 25.5 Å². The average molecular weight is 793 g/mol. The maximum absolute atomic E-state index is 13.8. The molecule has 3 aliphatic carbocycles. The van der Waals surface area contributed by atoms with E-state index in [1.165, 1.54) is 0 Å². The van der Waals surface area contributed by atoms with Gasteiger partial charge in [-0.3, -0.25) is 4.79 Å². The molecular weight excluding hydrogens is 732 g/mol. The van der Waals surface area contributed by atoms with E-state index in [0.717, 1.165) is 5.57 Å². The number of allylic oxidation sites excluding steroid dienone is 1. The van der Waals surface area contributed by atoms with Crippen molar-refractivity contribution in [3.8, 4) is 0 Å². The molecule has 0 bridgehead atoms. The minimum atomic E-state index is -2.48. The topological polar surface area (TPSA) is 328 Å². The molecule has 14 N–H and O–H groups in total. The highest BCUT2D eigenvalue weighted by Gasteiger charge is 2.63. The number of aliphatic hydroxyl groups is 14. The number of fused-ring (bicyclic) bond motifs is 3. The van der Waals surface area contributed by atoms with Crippen LogP contribution in [0.4, 0.5) is 0 Å². The molecule has 3 rings (SSSR count). The summed E-state index contributed by atoms with van der Waals surface area (Å²) in [4.78, 5) is 13.8. The van der Waals surface area contributed by atoms with Crippen molar-refractivity contribution in [1.29, 1.82) is 0 Å². The molecule has 55 heavy (non-hydrogen) atoms. The molecular formula is C37H60O18. The normalized spacial score (nSPS) is 31.6. The summed E-state index contributed by atoms with van der Waals surface area (Å²) in [6.45, 7) is 6.07. The summed E-state index contributed by atoms with van der Waals surface area (Å²) < 4.78 is 16.2. The summed E-state index contributed by atoms with van der Waals surface area (Å²) in [5.41, 5.74) is -1.46. The summed E-state index contributed by atoms with van der Waals surface area (Å²) in [5, 5.41) is 141. The van der Waals surface area contributed by atoms with Crippen LogP contribution in [0.3, 0.4) is 0 Å².